The van der Waals surface area contributed by atoms with Crippen molar-refractivity contribution in [2.24, 2.45) is 5.10 Å². The quantitative estimate of drug-likeness (QED) is 0.376. The first-order valence-electron chi connectivity index (χ1n) is 9.31. The first-order chi connectivity index (χ1) is 13.7. The van der Waals surface area contributed by atoms with Crippen LogP contribution in [0.15, 0.2) is 59.7 Å². The molecule has 0 fully saturated rings. The zero-order valence-corrected chi connectivity index (χ0v) is 16.2. The number of hydrazone groups is 1. The van der Waals surface area contributed by atoms with E-state index in [4.69, 9.17) is 4.74 Å². The Bertz CT molecular complexity index is 1090. The second kappa shape index (κ2) is 7.60. The number of benzene rings is 2. The first kappa shape index (κ1) is 17.9. The number of rotatable bonds is 6. The number of aromatic nitrogens is 3. The number of nitrogens with zero attached hydrogens (tertiary/aromatic N) is 3. The number of aryl methyl sites for hydroxylation is 1. The molecule has 0 aliphatic rings. The standard InChI is InChI=1S/C22H23N5O/c1-4-28-19-11-9-18(10-12-19)27-15(2)13-17(16(27)3)14-23-26-22-24-20-7-5-6-8-21(20)25-22/h5-14H,4H2,1-3H3,(H2,24,25,26). The monoisotopic (exact) mass is 373 g/mol. The van der Waals surface area contributed by atoms with Crippen molar-refractivity contribution in [2.75, 3.05) is 12.0 Å². The largest absolute Gasteiger partial charge is 0.494 e. The number of para-hydroxylation sites is 2. The molecule has 0 atom stereocenters. The molecule has 0 saturated heterocycles. The second-order valence-electron chi connectivity index (χ2n) is 6.56. The van der Waals surface area contributed by atoms with Gasteiger partial charge in [-0.3, -0.25) is 0 Å². The van der Waals surface area contributed by atoms with Gasteiger partial charge in [-0.2, -0.15) is 5.10 Å². The number of imidazole rings is 1. The number of hydrogen-bond donors (Lipinski definition) is 2. The van der Waals surface area contributed by atoms with Crippen molar-refractivity contribution in [1.82, 2.24) is 14.5 Å². The zero-order chi connectivity index (χ0) is 19.5. The summed E-state index contributed by atoms with van der Waals surface area (Å²) in [4.78, 5) is 7.66. The predicted molar refractivity (Wildman–Crippen MR) is 114 cm³/mol. The summed E-state index contributed by atoms with van der Waals surface area (Å²) in [6.45, 7) is 6.83. The van der Waals surface area contributed by atoms with Gasteiger partial charge in [0.2, 0.25) is 5.95 Å². The smallest absolute Gasteiger partial charge is 0.222 e. The molecule has 6 heteroatoms. The van der Waals surface area contributed by atoms with Gasteiger partial charge >= 0.3 is 0 Å². The predicted octanol–water partition coefficient (Wildman–Crippen LogP) is 4.82. The van der Waals surface area contributed by atoms with Crippen LogP contribution in [-0.4, -0.2) is 27.4 Å². The molecule has 4 aromatic rings. The summed E-state index contributed by atoms with van der Waals surface area (Å²) in [6.07, 6.45) is 1.82. The molecule has 0 aliphatic heterocycles. The van der Waals surface area contributed by atoms with E-state index in [0.717, 1.165) is 39.4 Å². The van der Waals surface area contributed by atoms with Crippen molar-refractivity contribution in [1.29, 1.82) is 0 Å². The normalized spacial score (nSPS) is 11.4. The lowest BCUT2D eigenvalue weighted by Gasteiger charge is -2.10. The highest BCUT2D eigenvalue weighted by Gasteiger charge is 2.09. The Labute approximate surface area is 163 Å². The van der Waals surface area contributed by atoms with Crippen LogP contribution < -0.4 is 10.2 Å². The molecule has 0 aliphatic carbocycles. The van der Waals surface area contributed by atoms with E-state index >= 15 is 0 Å². The van der Waals surface area contributed by atoms with Crippen LogP contribution in [0, 0.1) is 13.8 Å². The molecule has 2 heterocycles. The Morgan fingerprint density at radius 3 is 2.68 bits per heavy atom. The Balaban J connectivity index is 1.54. The molecule has 4 rings (SSSR count). The minimum atomic E-state index is 0.623. The van der Waals surface area contributed by atoms with E-state index in [1.165, 1.54) is 0 Å². The summed E-state index contributed by atoms with van der Waals surface area (Å²) in [5, 5.41) is 4.35. The van der Waals surface area contributed by atoms with E-state index in [9.17, 15) is 0 Å². The second-order valence-corrected chi connectivity index (χ2v) is 6.56. The SMILES string of the molecule is CCOc1ccc(-n2c(C)cc(C=NNc3nc4ccccc4[nH]3)c2C)cc1. The first-order valence-corrected chi connectivity index (χ1v) is 9.31. The maximum atomic E-state index is 5.53. The third-order valence-electron chi connectivity index (χ3n) is 4.64. The van der Waals surface area contributed by atoms with Crippen LogP contribution in [0.4, 0.5) is 5.95 Å². The molecule has 28 heavy (non-hydrogen) atoms. The molecule has 0 saturated carbocycles. The molecule has 0 unspecified atom stereocenters. The zero-order valence-electron chi connectivity index (χ0n) is 16.2. The van der Waals surface area contributed by atoms with Crippen molar-refractivity contribution in [3.05, 3.63) is 71.5 Å². The number of nitrogens with one attached hydrogen (secondary N) is 2. The van der Waals surface area contributed by atoms with Crippen LogP contribution in [0.2, 0.25) is 0 Å². The average molecular weight is 373 g/mol. The molecule has 0 bridgehead atoms. The maximum Gasteiger partial charge on any atom is 0.222 e. The van der Waals surface area contributed by atoms with Crippen molar-refractivity contribution in [3.8, 4) is 11.4 Å². The van der Waals surface area contributed by atoms with Gasteiger partial charge in [-0.25, -0.2) is 10.4 Å². The summed E-state index contributed by atoms with van der Waals surface area (Å²) < 4.78 is 7.74. The minimum absolute atomic E-state index is 0.623. The molecule has 0 amide bonds. The topological polar surface area (TPSA) is 67.2 Å². The van der Waals surface area contributed by atoms with Crippen LogP contribution in [-0.2, 0) is 0 Å². The van der Waals surface area contributed by atoms with E-state index < -0.39 is 0 Å². The number of anilines is 1. The van der Waals surface area contributed by atoms with E-state index in [1.807, 2.05) is 49.5 Å². The van der Waals surface area contributed by atoms with Crippen LogP contribution in [0.1, 0.15) is 23.9 Å². The third-order valence-corrected chi connectivity index (χ3v) is 4.64. The van der Waals surface area contributed by atoms with Crippen LogP contribution in [0.3, 0.4) is 0 Å². The molecule has 0 radical (unpaired) electrons. The molecule has 2 aromatic carbocycles. The van der Waals surface area contributed by atoms with E-state index in [1.54, 1.807) is 0 Å². The molecular formula is C22H23N5O. The Kier molecular flexibility index (Phi) is 4.85. The van der Waals surface area contributed by atoms with Gasteiger partial charge in [0.25, 0.3) is 0 Å². The lowest BCUT2D eigenvalue weighted by Crippen LogP contribution is -2.00. The minimum Gasteiger partial charge on any atom is -0.494 e. The van der Waals surface area contributed by atoms with Crippen molar-refractivity contribution >= 4 is 23.2 Å². The van der Waals surface area contributed by atoms with Gasteiger partial charge in [-0.1, -0.05) is 12.1 Å². The van der Waals surface area contributed by atoms with Gasteiger partial charge in [-0.05, 0) is 63.2 Å². The van der Waals surface area contributed by atoms with E-state index in [-0.39, 0.29) is 0 Å². The van der Waals surface area contributed by atoms with Gasteiger partial charge in [-0.15, -0.1) is 0 Å². The van der Waals surface area contributed by atoms with Gasteiger partial charge in [0, 0.05) is 22.6 Å². The number of hydrogen-bond acceptors (Lipinski definition) is 4. The number of ether oxygens (including phenoxy) is 1. The lowest BCUT2D eigenvalue weighted by atomic mass is 10.2. The molecule has 142 valence electrons. The van der Waals surface area contributed by atoms with Crippen LogP contribution in [0.5, 0.6) is 5.75 Å². The average Bonchev–Trinajstić information content (AvgIpc) is 3.23. The third kappa shape index (κ3) is 3.49. The highest BCUT2D eigenvalue weighted by Crippen LogP contribution is 2.22. The fourth-order valence-corrected chi connectivity index (χ4v) is 3.34. The van der Waals surface area contributed by atoms with E-state index in [0.29, 0.717) is 12.6 Å². The summed E-state index contributed by atoms with van der Waals surface area (Å²) in [5.74, 6) is 1.50. The Hall–Kier alpha value is -3.54. The number of fused-ring (bicyclic) bond motifs is 1. The Morgan fingerprint density at radius 1 is 1.14 bits per heavy atom. The maximum absolute atomic E-state index is 5.53. The fourth-order valence-electron chi connectivity index (χ4n) is 3.34. The highest BCUT2D eigenvalue weighted by atomic mass is 16.5. The summed E-state index contributed by atoms with van der Waals surface area (Å²) in [5.41, 5.74) is 9.29. The Morgan fingerprint density at radius 2 is 1.93 bits per heavy atom. The summed E-state index contributed by atoms with van der Waals surface area (Å²) in [7, 11) is 0. The van der Waals surface area contributed by atoms with E-state index in [2.05, 4.69) is 57.1 Å². The molecular weight excluding hydrogens is 350 g/mol. The van der Waals surface area contributed by atoms with Gasteiger partial charge < -0.3 is 14.3 Å². The van der Waals surface area contributed by atoms with Crippen LogP contribution in [0.25, 0.3) is 16.7 Å². The molecule has 0 spiro atoms. The number of H-pyrrole nitrogens is 1. The fraction of sp³-hybridized carbons (Fsp3) is 0.182. The lowest BCUT2D eigenvalue weighted by molar-refractivity contribution is 0.340. The van der Waals surface area contributed by atoms with Gasteiger partial charge in [0.15, 0.2) is 0 Å². The molecule has 2 N–H and O–H groups in total. The van der Waals surface area contributed by atoms with Crippen molar-refractivity contribution < 1.29 is 4.74 Å². The molecule has 2 aromatic heterocycles. The van der Waals surface area contributed by atoms with Crippen molar-refractivity contribution in [2.45, 2.75) is 20.8 Å². The van der Waals surface area contributed by atoms with Crippen molar-refractivity contribution in [3.63, 3.8) is 0 Å². The number of aromatic amines is 1. The van der Waals surface area contributed by atoms with Crippen LogP contribution >= 0.6 is 0 Å². The molecule has 6 nitrogen and oxygen atoms in total. The summed E-state index contributed by atoms with van der Waals surface area (Å²) >= 11 is 0. The van der Waals surface area contributed by atoms with Gasteiger partial charge in [0.1, 0.15) is 5.75 Å². The van der Waals surface area contributed by atoms with Gasteiger partial charge in [0.05, 0.1) is 23.9 Å². The summed E-state index contributed by atoms with van der Waals surface area (Å²) in [6, 6.07) is 18.1. The highest BCUT2D eigenvalue weighted by molar-refractivity contribution is 5.83.